The first-order valence-corrected chi connectivity index (χ1v) is 46.7. The minimum Gasteiger partial charge on any atom is -0.508 e. The number of nitrogens with zero attached hydrogens (tertiary/aromatic N) is 6. The number of carbonyl (C=O) groups excluding carboxylic acids is 17. The van der Waals surface area contributed by atoms with Crippen LogP contribution in [0.4, 0.5) is 0 Å². The van der Waals surface area contributed by atoms with E-state index < -0.39 is 216 Å². The molecule has 3 aliphatic heterocycles. The minimum absolute atomic E-state index is 0.00108. The van der Waals surface area contributed by atoms with Crippen molar-refractivity contribution in [2.45, 2.75) is 235 Å². The van der Waals surface area contributed by atoms with Crippen LogP contribution in [0.15, 0.2) is 96.9 Å². The molecule has 6 heterocycles. The van der Waals surface area contributed by atoms with E-state index in [9.17, 15) is 53.4 Å². The fraction of sp³-hybridized carbons (Fsp3) is 0.533. The molecule has 0 radical (unpaired) electrons. The largest absolute Gasteiger partial charge is 0.508 e. The molecule has 0 bridgehead atoms. The molecule has 20 N–H and O–H groups in total. The minimum atomic E-state index is -1.83. The van der Waals surface area contributed by atoms with Crippen molar-refractivity contribution in [1.82, 2.24) is 92.6 Å². The molecule has 42 heteroatoms. The summed E-state index contributed by atoms with van der Waals surface area (Å²) in [6, 6.07) is -0.723. The summed E-state index contributed by atoms with van der Waals surface area (Å²) in [5.74, 6) is -16.5. The third-order valence-electron chi connectivity index (χ3n) is 23.9. The number of carbonyl (C=O) groups is 17. The van der Waals surface area contributed by atoms with Crippen molar-refractivity contribution >= 4 is 145 Å². The van der Waals surface area contributed by atoms with Gasteiger partial charge in [-0.2, -0.15) is 0 Å². The number of hydrogen-bond donors (Lipinski definition) is 17. The number of imidazole rings is 1. The summed E-state index contributed by atoms with van der Waals surface area (Å²) in [4.78, 5) is 266. The number of benzene rings is 3. The van der Waals surface area contributed by atoms with Crippen LogP contribution >= 0.6 is 23.1 Å². The van der Waals surface area contributed by atoms with Gasteiger partial charge in [0.25, 0.3) is 0 Å². The fourth-order valence-electron chi connectivity index (χ4n) is 16.5. The number of amides is 17. The van der Waals surface area contributed by atoms with Crippen molar-refractivity contribution < 1.29 is 91.7 Å². The average Bonchev–Trinajstić information content (AvgIpc) is 1.68. The van der Waals surface area contributed by atoms with E-state index in [4.69, 9.17) is 17.2 Å². The van der Waals surface area contributed by atoms with Crippen molar-refractivity contribution in [3.63, 3.8) is 0 Å². The number of H-pyrrole nitrogens is 2. The highest BCUT2D eigenvalue weighted by atomic mass is 32.2. The number of nitrogens with two attached hydrogens (primary N) is 3. The number of para-hydroxylation sites is 1. The molecule has 3 fully saturated rings. The Morgan fingerprint density at radius 3 is 1.70 bits per heavy atom. The molecule has 3 aromatic carbocycles. The standard InChI is InChI=1S/C90H125N21O19S2/c1-9-11-24-69-83(123)99-60(23-17-33-91)79(119)106-68(78(118)96-44-75(93)115)47-131-48-76(116)98-64(37-52-29-31-56(113)32-30-52)86(126)107(6)51(5)77(117)102-66(41-74(92)114)89(129)111-35-19-27-71(111)85(125)101-62(40-55-43-94-49-97-55)81(121)103-63(36-50(3)4)88(128)110-34-18-26-70(110)84(124)100-61(38-53-42-95-59-22-15-13-20-57(53)59)80(120)105-67(45-112)82(122)104-65(39-54-46-132-73-28-16-14-21-58(54)73)87(127)109(8)72(25-12-10-2)90(130)108(69)7/h13-16,20-22,28-32,42-43,46,49-51,60-72,95,112-113H,9-12,17-19,23-27,33-41,44-45,47-48,91H2,1-8H3,(H2,92,114)(H2,93,115)(H,94,97)(H,96,118)(H,98,116)(H,99,123)(H,100,124)(H,101,125)(H,102,117)(H,103,121)(H,104,122)(H,105,120)(H,106,119)/t51-,60?,61?,62?,63-,64?,65?,66?,67-,68-,69?,70?,71?,72?/m0/s1. The molecule has 132 heavy (non-hydrogen) atoms. The summed E-state index contributed by atoms with van der Waals surface area (Å²) >= 11 is 2.16. The van der Waals surface area contributed by atoms with E-state index in [0.29, 0.717) is 59.0 Å². The zero-order valence-corrected chi connectivity index (χ0v) is 77.3. The molecule has 17 amide bonds. The van der Waals surface area contributed by atoms with E-state index in [0.717, 1.165) is 31.6 Å². The number of phenols is 1. The second-order valence-corrected chi connectivity index (χ2v) is 36.1. The molecule has 6 aromatic rings. The molecule has 3 aromatic heterocycles. The van der Waals surface area contributed by atoms with Crippen LogP contribution in [0.5, 0.6) is 5.75 Å². The molecule has 3 saturated heterocycles. The number of aromatic hydroxyl groups is 1. The highest BCUT2D eigenvalue weighted by Gasteiger charge is 2.46. The maximum absolute atomic E-state index is 15.7. The number of phenolic OH excluding ortho intramolecular Hbond substituents is 1. The van der Waals surface area contributed by atoms with Crippen LogP contribution in [0, 0.1) is 5.92 Å². The van der Waals surface area contributed by atoms with Crippen LogP contribution in [0.2, 0.25) is 0 Å². The van der Waals surface area contributed by atoms with Gasteiger partial charge in [-0.1, -0.05) is 102 Å². The van der Waals surface area contributed by atoms with Gasteiger partial charge < -0.3 is 115 Å². The summed E-state index contributed by atoms with van der Waals surface area (Å²) in [7, 11) is 3.99. The molecule has 0 saturated carbocycles. The summed E-state index contributed by atoms with van der Waals surface area (Å²) in [5, 5.41) is 51.5. The molecule has 3 aliphatic rings. The van der Waals surface area contributed by atoms with E-state index in [2.05, 4.69) is 68.1 Å². The molecule has 14 atom stereocenters. The lowest BCUT2D eigenvalue weighted by Crippen LogP contribution is -2.62. The van der Waals surface area contributed by atoms with Gasteiger partial charge in [-0.25, -0.2) is 4.98 Å². The number of likely N-dealkylation sites (N-methyl/N-ethyl adjacent to an activating group) is 3. The fourth-order valence-corrected chi connectivity index (χ4v) is 18.3. The van der Waals surface area contributed by atoms with Gasteiger partial charge in [0.05, 0.1) is 31.7 Å². The Bertz CT molecular complexity index is 5070. The number of thiophene rings is 1. The highest BCUT2D eigenvalue weighted by molar-refractivity contribution is 8.00. The topological polar surface area (TPSA) is 590 Å². The van der Waals surface area contributed by atoms with Crippen LogP contribution in [-0.2, 0) is 107 Å². The number of aromatic amines is 2. The number of nitrogens with one attached hydrogen (secondary N) is 12. The van der Waals surface area contributed by atoms with Crippen LogP contribution in [0.3, 0.4) is 0 Å². The number of primary amides is 2. The number of hydrogen-bond acceptors (Lipinski definition) is 23. The Kier molecular flexibility index (Phi) is 38.8. The molecule has 10 unspecified atom stereocenters. The van der Waals surface area contributed by atoms with Crippen LogP contribution < -0.4 is 70.4 Å². The lowest BCUT2D eigenvalue weighted by atomic mass is 10.00. The highest BCUT2D eigenvalue weighted by Crippen LogP contribution is 2.30. The van der Waals surface area contributed by atoms with Gasteiger partial charge in [-0.05, 0) is 129 Å². The normalized spacial score (nSPS) is 24.6. The van der Waals surface area contributed by atoms with Gasteiger partial charge in [-0.15, -0.1) is 23.1 Å². The van der Waals surface area contributed by atoms with Gasteiger partial charge in [0.2, 0.25) is 100 Å². The zero-order valence-electron chi connectivity index (χ0n) is 75.6. The van der Waals surface area contributed by atoms with Gasteiger partial charge in [0.1, 0.15) is 90.3 Å². The van der Waals surface area contributed by atoms with Crippen molar-refractivity contribution in [3.05, 3.63) is 119 Å². The molecule has 0 spiro atoms. The summed E-state index contributed by atoms with van der Waals surface area (Å²) in [5.41, 5.74) is 19.8. The third kappa shape index (κ3) is 28.2. The number of fused-ring (bicyclic) bond motifs is 4. The number of aromatic nitrogens is 3. The van der Waals surface area contributed by atoms with Crippen molar-refractivity contribution in [1.29, 1.82) is 0 Å². The zero-order chi connectivity index (χ0) is 96.2. The molecular weight excluding hydrogens is 1740 g/mol. The predicted molar refractivity (Wildman–Crippen MR) is 491 cm³/mol. The number of rotatable bonds is 25. The van der Waals surface area contributed by atoms with E-state index in [1.807, 2.05) is 37.4 Å². The van der Waals surface area contributed by atoms with Crippen molar-refractivity contribution in [2.75, 3.05) is 65.4 Å². The van der Waals surface area contributed by atoms with Gasteiger partial charge in [0, 0.05) is 99.4 Å². The first-order chi connectivity index (χ1) is 63.0. The Hall–Kier alpha value is -12.6. The predicted octanol–water partition coefficient (Wildman–Crippen LogP) is -0.691. The maximum atomic E-state index is 15.7. The maximum Gasteiger partial charge on any atom is 0.246 e. The van der Waals surface area contributed by atoms with Crippen LogP contribution in [0.1, 0.15) is 147 Å². The molecule has 40 nitrogen and oxygen atoms in total. The van der Waals surface area contributed by atoms with Crippen LogP contribution in [0.25, 0.3) is 21.0 Å². The quantitative estimate of drug-likeness (QED) is 0.0337. The smallest absolute Gasteiger partial charge is 0.246 e. The van der Waals surface area contributed by atoms with Gasteiger partial charge >= 0.3 is 0 Å². The second-order valence-electron chi connectivity index (χ2n) is 34.1. The van der Waals surface area contributed by atoms with E-state index in [1.165, 1.54) is 90.9 Å². The van der Waals surface area contributed by atoms with E-state index in [1.54, 1.807) is 50.4 Å². The van der Waals surface area contributed by atoms with Crippen molar-refractivity contribution in [3.8, 4) is 5.75 Å². The Balaban J connectivity index is 1.09. The number of aliphatic hydroxyl groups excluding tert-OH is 1. The Morgan fingerprint density at radius 2 is 1.09 bits per heavy atom. The van der Waals surface area contributed by atoms with Gasteiger partial charge in [0.15, 0.2) is 0 Å². The van der Waals surface area contributed by atoms with E-state index >= 15 is 38.4 Å². The lowest BCUT2D eigenvalue weighted by molar-refractivity contribution is -0.149. The molecular formula is C90H125N21O19S2. The van der Waals surface area contributed by atoms with Crippen LogP contribution in [-0.4, -0.2) is 300 Å². The summed E-state index contributed by atoms with van der Waals surface area (Å²) in [6.45, 7) is 6.78. The Morgan fingerprint density at radius 1 is 0.545 bits per heavy atom. The van der Waals surface area contributed by atoms with Crippen molar-refractivity contribution in [2.24, 2.45) is 23.1 Å². The SMILES string of the molecule is CCCCC1C(=O)N(C)C(CCCC)C(=O)NC(CCCN)C(=O)N[C@H](C(=O)NCC(N)=O)CSCC(=O)NC(Cc2ccc(O)cc2)C(=O)N(C)[C@@H](C)C(=O)NC(CC(N)=O)C(=O)N2CCCC2C(=O)NC(Cc2cnc[nH]2)C(=O)N[C@@H](CC(C)C)C(=O)N2CCCC2C(=O)NC(Cc2c[nH]c3ccccc23)C(=O)N[C@@H](CO)C(=O)NC(Cc2csc3ccccc23)C(=O)N1C. The number of unbranched alkanes of at least 4 members (excludes halogenated alkanes) is 2. The number of aliphatic hydroxyl groups is 1. The molecule has 9 rings (SSSR count). The summed E-state index contributed by atoms with van der Waals surface area (Å²) < 4.78 is 0.835. The first-order valence-electron chi connectivity index (χ1n) is 44.7. The molecule has 0 aliphatic carbocycles. The molecule has 716 valence electrons. The van der Waals surface area contributed by atoms with Gasteiger partial charge in [-0.3, -0.25) is 81.5 Å². The average molecular weight is 1870 g/mol. The third-order valence-corrected chi connectivity index (χ3v) is 25.9. The Labute approximate surface area is 773 Å². The monoisotopic (exact) mass is 1870 g/mol. The summed E-state index contributed by atoms with van der Waals surface area (Å²) in [6.07, 6.45) is 5.06. The lowest BCUT2D eigenvalue weighted by Gasteiger charge is -2.36. The second kappa shape index (κ2) is 49.6. The first kappa shape index (κ1) is 103. The van der Waals surface area contributed by atoms with E-state index in [-0.39, 0.29) is 115 Å². The number of thioether (sulfide) groups is 1.